The zero-order valence-corrected chi connectivity index (χ0v) is 19.2. The van der Waals surface area contributed by atoms with Crippen LogP contribution in [0.1, 0.15) is 70.3 Å². The predicted octanol–water partition coefficient (Wildman–Crippen LogP) is 2.88. The maximum atomic E-state index is 12.6. The molecular weight excluding hydrogens is 424 g/mol. The first-order chi connectivity index (χ1) is 15.6. The van der Waals surface area contributed by atoms with Crippen LogP contribution in [0.5, 0.6) is 0 Å². The largest absolute Gasteiger partial charge is 0.462 e. The fraction of sp³-hybridized carbons (Fsp3) is 0.654. The molecule has 7 nitrogen and oxygen atoms in total. The van der Waals surface area contributed by atoms with E-state index in [1.165, 1.54) is 19.3 Å². The summed E-state index contributed by atoms with van der Waals surface area (Å²) in [5.74, 6) is -1.16. The monoisotopic (exact) mass is 456 g/mol. The summed E-state index contributed by atoms with van der Waals surface area (Å²) in [6, 6.07) is 3.04. The number of ether oxygens (including phenoxy) is 1. The molecule has 8 atom stereocenters. The first-order valence-corrected chi connectivity index (χ1v) is 11.9. The van der Waals surface area contributed by atoms with Crippen LogP contribution in [-0.2, 0) is 14.3 Å². The van der Waals surface area contributed by atoms with E-state index in [2.05, 4.69) is 0 Å². The van der Waals surface area contributed by atoms with E-state index < -0.39 is 39.7 Å². The smallest absolute Gasteiger partial charge is 0.335 e. The summed E-state index contributed by atoms with van der Waals surface area (Å²) in [5.41, 5.74) is -3.70. The van der Waals surface area contributed by atoms with Gasteiger partial charge in [0.15, 0.2) is 0 Å². The van der Waals surface area contributed by atoms with Crippen molar-refractivity contribution in [3.05, 3.63) is 46.5 Å². The topological polar surface area (TPSA) is 114 Å². The van der Waals surface area contributed by atoms with E-state index in [1.54, 1.807) is 12.1 Å². The zero-order chi connectivity index (χ0) is 23.6. The van der Waals surface area contributed by atoms with Gasteiger partial charge >= 0.3 is 11.6 Å². The molecule has 0 aliphatic heterocycles. The Kier molecular flexibility index (Phi) is 5.04. The number of esters is 1. The molecule has 4 aliphatic carbocycles. The Morgan fingerprint density at radius 2 is 1.94 bits per heavy atom. The molecule has 2 N–H and O–H groups in total. The van der Waals surface area contributed by atoms with Crippen LogP contribution < -0.4 is 5.63 Å². The van der Waals surface area contributed by atoms with Gasteiger partial charge in [0.25, 0.3) is 0 Å². The van der Waals surface area contributed by atoms with Crippen molar-refractivity contribution in [3.63, 3.8) is 0 Å². The van der Waals surface area contributed by atoms with Crippen LogP contribution in [-0.4, -0.2) is 39.8 Å². The number of fused-ring (bicyclic) bond motifs is 5. The molecule has 4 aliphatic rings. The van der Waals surface area contributed by atoms with Crippen molar-refractivity contribution in [2.24, 2.45) is 22.7 Å². The van der Waals surface area contributed by atoms with Crippen molar-refractivity contribution >= 4 is 12.3 Å². The van der Waals surface area contributed by atoms with Gasteiger partial charge < -0.3 is 24.2 Å². The number of rotatable bonds is 3. The molecule has 5 rings (SSSR count). The Labute approximate surface area is 192 Å². The molecule has 33 heavy (non-hydrogen) atoms. The van der Waals surface area contributed by atoms with E-state index in [0.717, 1.165) is 18.3 Å². The number of aliphatic hydroxyl groups is 2. The lowest BCUT2D eigenvalue weighted by molar-refractivity contribution is -0.222. The van der Waals surface area contributed by atoms with Gasteiger partial charge in [-0.25, -0.2) is 4.79 Å². The standard InChI is InChI=1S/C26H32O7/c1-16(28)33-20-13-26(31)19-8-12-25(30)10-4-3-9-24(25,15-27)18(19)7-11-23(26,2)22(20)17-5-6-21(29)32-14-17/h4-6,10,14-15,18-20,22,30-31H,3,7-9,11-13H2,1-2H3/t18-,19+,20-,22-,23+,24-,25+,26-/m0/s1. The normalized spacial score (nSPS) is 46.1. The molecule has 0 amide bonds. The lowest BCUT2D eigenvalue weighted by Crippen LogP contribution is -2.67. The molecule has 0 aromatic carbocycles. The molecule has 178 valence electrons. The van der Waals surface area contributed by atoms with Gasteiger partial charge in [0.05, 0.1) is 22.9 Å². The van der Waals surface area contributed by atoms with Crippen molar-refractivity contribution in [3.8, 4) is 0 Å². The van der Waals surface area contributed by atoms with E-state index in [-0.39, 0.29) is 24.2 Å². The predicted molar refractivity (Wildman–Crippen MR) is 118 cm³/mol. The van der Waals surface area contributed by atoms with Gasteiger partial charge in [0.1, 0.15) is 12.4 Å². The van der Waals surface area contributed by atoms with Gasteiger partial charge in [-0.2, -0.15) is 0 Å². The molecule has 0 bridgehead atoms. The Morgan fingerprint density at radius 1 is 1.18 bits per heavy atom. The Morgan fingerprint density at radius 3 is 2.61 bits per heavy atom. The van der Waals surface area contributed by atoms with Crippen LogP contribution in [0.4, 0.5) is 0 Å². The molecule has 3 fully saturated rings. The highest BCUT2D eigenvalue weighted by atomic mass is 16.5. The third-order valence-corrected chi connectivity index (χ3v) is 9.67. The van der Waals surface area contributed by atoms with Gasteiger partial charge in [-0.3, -0.25) is 4.79 Å². The lowest BCUT2D eigenvalue weighted by Gasteiger charge is -2.63. The first kappa shape index (κ1) is 22.5. The summed E-state index contributed by atoms with van der Waals surface area (Å²) < 4.78 is 10.9. The number of carbonyl (C=O) groups is 2. The maximum absolute atomic E-state index is 12.6. The number of hydrogen-bond acceptors (Lipinski definition) is 7. The molecule has 1 aromatic heterocycles. The van der Waals surface area contributed by atoms with Crippen LogP contribution in [0, 0.1) is 22.7 Å². The minimum atomic E-state index is -1.20. The van der Waals surface area contributed by atoms with Gasteiger partial charge in [0, 0.05) is 30.7 Å². The fourth-order valence-electron chi connectivity index (χ4n) is 8.20. The second kappa shape index (κ2) is 7.37. The molecule has 0 saturated heterocycles. The van der Waals surface area contributed by atoms with Crippen LogP contribution in [0.15, 0.2) is 39.8 Å². The second-order valence-electron chi connectivity index (χ2n) is 10.9. The minimum Gasteiger partial charge on any atom is -0.462 e. The van der Waals surface area contributed by atoms with Crippen LogP contribution in [0.3, 0.4) is 0 Å². The van der Waals surface area contributed by atoms with Crippen LogP contribution in [0.25, 0.3) is 0 Å². The maximum Gasteiger partial charge on any atom is 0.335 e. The highest BCUT2D eigenvalue weighted by Crippen LogP contribution is 2.70. The van der Waals surface area contributed by atoms with Crippen LogP contribution >= 0.6 is 0 Å². The van der Waals surface area contributed by atoms with E-state index >= 15 is 0 Å². The van der Waals surface area contributed by atoms with E-state index in [4.69, 9.17) is 9.15 Å². The number of aldehydes is 1. The van der Waals surface area contributed by atoms with Crippen molar-refractivity contribution < 1.29 is 29.0 Å². The molecule has 7 heteroatoms. The Bertz CT molecular complexity index is 1040. The summed E-state index contributed by atoms with van der Waals surface area (Å²) >= 11 is 0. The summed E-state index contributed by atoms with van der Waals surface area (Å²) in [4.78, 5) is 36.2. The van der Waals surface area contributed by atoms with E-state index in [1.807, 2.05) is 13.0 Å². The molecule has 0 radical (unpaired) electrons. The summed E-state index contributed by atoms with van der Waals surface area (Å²) in [6.45, 7) is 3.38. The minimum absolute atomic E-state index is 0.165. The number of carbonyl (C=O) groups excluding carboxylic acids is 2. The fourth-order valence-corrected chi connectivity index (χ4v) is 8.20. The second-order valence-corrected chi connectivity index (χ2v) is 10.9. The third-order valence-electron chi connectivity index (χ3n) is 9.67. The zero-order valence-electron chi connectivity index (χ0n) is 19.2. The number of allylic oxidation sites excluding steroid dienone is 1. The molecular formula is C26H32O7. The summed E-state index contributed by atoms with van der Waals surface area (Å²) in [7, 11) is 0. The Hall–Kier alpha value is -2.25. The van der Waals surface area contributed by atoms with Gasteiger partial charge in [-0.05, 0) is 62.0 Å². The van der Waals surface area contributed by atoms with Crippen molar-refractivity contribution in [1.29, 1.82) is 0 Å². The third kappa shape index (κ3) is 2.91. The van der Waals surface area contributed by atoms with Gasteiger partial charge in [-0.1, -0.05) is 19.1 Å². The first-order valence-electron chi connectivity index (χ1n) is 11.9. The van der Waals surface area contributed by atoms with Crippen molar-refractivity contribution in [2.75, 3.05) is 0 Å². The number of hydrogen-bond donors (Lipinski definition) is 2. The molecule has 0 unspecified atom stereocenters. The van der Waals surface area contributed by atoms with E-state index in [0.29, 0.717) is 32.1 Å². The average Bonchev–Trinajstić information content (AvgIpc) is 3.00. The molecule has 1 heterocycles. The highest BCUT2D eigenvalue weighted by Gasteiger charge is 2.72. The lowest BCUT2D eigenvalue weighted by atomic mass is 9.42. The van der Waals surface area contributed by atoms with Gasteiger partial charge in [-0.15, -0.1) is 0 Å². The molecule has 1 aromatic rings. The average molecular weight is 457 g/mol. The van der Waals surface area contributed by atoms with Crippen LogP contribution in [0.2, 0.25) is 0 Å². The van der Waals surface area contributed by atoms with Crippen molar-refractivity contribution in [1.82, 2.24) is 0 Å². The SMILES string of the molecule is CC(=O)O[C@H]1C[C@]2(O)[C@@H]3CC[C@]4(O)C=CCC[C@]4(C=O)[C@H]3CC[C@]2(C)[C@H]1c1ccc(=O)oc1. The Balaban J connectivity index is 1.60. The molecule has 0 spiro atoms. The summed E-state index contributed by atoms with van der Waals surface area (Å²) in [5, 5.41) is 23.9. The molecule has 3 saturated carbocycles. The highest BCUT2D eigenvalue weighted by molar-refractivity contribution is 5.67. The van der Waals surface area contributed by atoms with Gasteiger partial charge in [0.2, 0.25) is 0 Å². The quantitative estimate of drug-likeness (QED) is 0.408. The summed E-state index contributed by atoms with van der Waals surface area (Å²) in [6.07, 6.45) is 9.33. The van der Waals surface area contributed by atoms with Crippen molar-refractivity contribution in [2.45, 2.75) is 82.0 Å². The van der Waals surface area contributed by atoms with E-state index in [9.17, 15) is 24.6 Å².